The minimum atomic E-state index is 0.637. The lowest BCUT2D eigenvalue weighted by atomic mass is 10.2. The molecule has 0 spiro atoms. The Kier molecular flexibility index (Phi) is 3.94. The summed E-state index contributed by atoms with van der Waals surface area (Å²) in [5, 5.41) is 0.637. The highest BCUT2D eigenvalue weighted by Gasteiger charge is 2.18. The first-order valence-corrected chi connectivity index (χ1v) is 7.90. The molecule has 2 aromatic carbocycles. The van der Waals surface area contributed by atoms with Gasteiger partial charge < -0.3 is 4.74 Å². The summed E-state index contributed by atoms with van der Waals surface area (Å²) in [6.45, 7) is 2.05. The second-order valence-corrected chi connectivity index (χ2v) is 5.84. The number of thioether (sulfide) groups is 1. The number of nitrogens with zero attached hydrogens (tertiary/aromatic N) is 1. The van der Waals surface area contributed by atoms with Gasteiger partial charge in [0.25, 0.3) is 5.23 Å². The lowest BCUT2D eigenvalue weighted by molar-refractivity contribution is 0.566. The van der Waals surface area contributed by atoms with Crippen LogP contribution in [0.1, 0.15) is 11.1 Å². The lowest BCUT2D eigenvalue weighted by Gasteiger charge is -2.17. The summed E-state index contributed by atoms with van der Waals surface area (Å²) in [5.41, 5.74) is 3.26. The summed E-state index contributed by atoms with van der Waals surface area (Å²) in [4.78, 5) is 7.56. The molecule has 2 nitrogen and oxygen atoms in total. The number of rotatable bonds is 1. The molecule has 0 saturated heterocycles. The molecule has 0 radical (unpaired) electrons. The van der Waals surface area contributed by atoms with Crippen molar-refractivity contribution in [2.24, 2.45) is 4.99 Å². The van der Waals surface area contributed by atoms with E-state index in [1.807, 2.05) is 47.4 Å². The number of aryl methyl sites for hydroxylation is 1. The fourth-order valence-corrected chi connectivity index (χ4v) is 3.21. The fraction of sp³-hybridized carbons (Fsp3) is 0.0625. The molecule has 0 amide bonds. The zero-order valence-corrected chi connectivity index (χ0v) is 13.2. The van der Waals surface area contributed by atoms with Gasteiger partial charge in [-0.1, -0.05) is 51.8 Å². The topological polar surface area (TPSA) is 21.6 Å². The van der Waals surface area contributed by atoms with Crippen LogP contribution in [0, 0.1) is 6.92 Å². The van der Waals surface area contributed by atoms with E-state index in [1.54, 1.807) is 0 Å². The predicted octanol–water partition coefficient (Wildman–Crippen LogP) is 5.50. The van der Waals surface area contributed by atoms with Crippen molar-refractivity contribution in [1.82, 2.24) is 0 Å². The number of hydrogen-bond donors (Lipinski definition) is 0. The van der Waals surface area contributed by atoms with Crippen LogP contribution >= 0.6 is 27.7 Å². The summed E-state index contributed by atoms with van der Waals surface area (Å²) in [5.74, 6) is 0.801. The van der Waals surface area contributed by atoms with Gasteiger partial charge in [0.1, 0.15) is 5.75 Å². The minimum Gasteiger partial charge on any atom is -0.433 e. The molecule has 1 aliphatic rings. The molecule has 0 saturated carbocycles. The van der Waals surface area contributed by atoms with E-state index >= 15 is 0 Å². The Morgan fingerprint density at radius 2 is 1.85 bits per heavy atom. The molecule has 0 atom stereocenters. The van der Waals surface area contributed by atoms with Crippen LogP contribution in [0.25, 0.3) is 4.91 Å². The van der Waals surface area contributed by atoms with Crippen LogP contribution in [0.2, 0.25) is 0 Å². The van der Waals surface area contributed by atoms with Crippen LogP contribution in [0.15, 0.2) is 58.5 Å². The molecular weight excluding hydrogens is 334 g/mol. The standard InChI is InChI=1S/C16H12BrNOS/c1-11-6-8-12(9-7-11)19-16-18-14-5-3-2-4-13(14)15(10-17)20-16/h2-10H,1H3/b15-10-. The molecule has 0 unspecified atom stereocenters. The zero-order valence-electron chi connectivity index (χ0n) is 10.8. The third-order valence-electron chi connectivity index (χ3n) is 2.90. The minimum absolute atomic E-state index is 0.637. The SMILES string of the molecule is Cc1ccc(OC2=Nc3ccccc3/C(=C/Br)S2)cc1. The summed E-state index contributed by atoms with van der Waals surface area (Å²) in [6, 6.07) is 16.0. The number of para-hydroxylation sites is 1. The van der Waals surface area contributed by atoms with Gasteiger partial charge in [0, 0.05) is 10.5 Å². The molecule has 0 N–H and O–H groups in total. The normalized spacial score (nSPS) is 15.7. The Bertz CT molecular complexity index is 692. The van der Waals surface area contributed by atoms with E-state index in [-0.39, 0.29) is 0 Å². The molecule has 2 aromatic rings. The number of ether oxygens (including phenoxy) is 1. The lowest BCUT2D eigenvalue weighted by Crippen LogP contribution is -2.07. The van der Waals surface area contributed by atoms with E-state index in [9.17, 15) is 0 Å². The Hall–Kier alpha value is -1.52. The second-order valence-electron chi connectivity index (χ2n) is 4.39. The molecule has 1 aliphatic heterocycles. The number of fused-ring (bicyclic) bond motifs is 1. The van der Waals surface area contributed by atoms with Crippen molar-refractivity contribution < 1.29 is 4.74 Å². The summed E-state index contributed by atoms with van der Waals surface area (Å²) < 4.78 is 5.85. The molecule has 0 aliphatic carbocycles. The van der Waals surface area contributed by atoms with E-state index in [0.717, 1.165) is 21.9 Å². The highest BCUT2D eigenvalue weighted by atomic mass is 79.9. The summed E-state index contributed by atoms with van der Waals surface area (Å²) in [6.07, 6.45) is 0. The maximum Gasteiger partial charge on any atom is 0.261 e. The third kappa shape index (κ3) is 2.81. The summed E-state index contributed by atoms with van der Waals surface area (Å²) >= 11 is 4.93. The smallest absolute Gasteiger partial charge is 0.261 e. The maximum absolute atomic E-state index is 5.85. The first-order chi connectivity index (χ1) is 9.76. The number of aliphatic imine (C=N–C) groups is 1. The quantitative estimate of drug-likeness (QED) is 0.680. The number of halogens is 1. The van der Waals surface area contributed by atoms with Crippen LogP contribution in [-0.4, -0.2) is 5.23 Å². The van der Waals surface area contributed by atoms with Crippen molar-refractivity contribution >= 4 is 43.5 Å². The van der Waals surface area contributed by atoms with E-state index in [2.05, 4.69) is 33.9 Å². The van der Waals surface area contributed by atoms with E-state index in [4.69, 9.17) is 4.74 Å². The molecule has 4 heteroatoms. The van der Waals surface area contributed by atoms with Gasteiger partial charge in [-0.3, -0.25) is 0 Å². The molecule has 0 bridgehead atoms. The van der Waals surface area contributed by atoms with Crippen molar-refractivity contribution in [2.45, 2.75) is 6.92 Å². The van der Waals surface area contributed by atoms with Crippen LogP contribution in [0.3, 0.4) is 0 Å². The second kappa shape index (κ2) is 5.85. The molecule has 0 aromatic heterocycles. The molecule has 0 fully saturated rings. The fourth-order valence-electron chi connectivity index (χ4n) is 1.88. The Morgan fingerprint density at radius 1 is 1.10 bits per heavy atom. The van der Waals surface area contributed by atoms with Gasteiger partial charge >= 0.3 is 0 Å². The van der Waals surface area contributed by atoms with E-state index < -0.39 is 0 Å². The first-order valence-electron chi connectivity index (χ1n) is 6.17. The summed E-state index contributed by atoms with van der Waals surface area (Å²) in [7, 11) is 0. The maximum atomic E-state index is 5.85. The van der Waals surface area contributed by atoms with Gasteiger partial charge in [0.2, 0.25) is 0 Å². The van der Waals surface area contributed by atoms with Gasteiger partial charge in [-0.2, -0.15) is 0 Å². The molecular formula is C16H12BrNOS. The highest BCUT2D eigenvalue weighted by Crippen LogP contribution is 2.41. The van der Waals surface area contributed by atoms with Crippen molar-refractivity contribution in [1.29, 1.82) is 0 Å². The third-order valence-corrected chi connectivity index (χ3v) is 4.57. The average molecular weight is 346 g/mol. The monoisotopic (exact) mass is 345 g/mol. The van der Waals surface area contributed by atoms with Crippen LogP contribution in [0.4, 0.5) is 5.69 Å². The van der Waals surface area contributed by atoms with Gasteiger partial charge in [0.05, 0.1) is 5.69 Å². The Balaban J connectivity index is 1.92. The average Bonchev–Trinajstić information content (AvgIpc) is 2.49. The van der Waals surface area contributed by atoms with E-state index in [1.165, 1.54) is 17.3 Å². The van der Waals surface area contributed by atoms with E-state index in [0.29, 0.717) is 5.23 Å². The van der Waals surface area contributed by atoms with Crippen molar-refractivity contribution in [3.63, 3.8) is 0 Å². The molecule has 1 heterocycles. The van der Waals surface area contributed by atoms with Crippen LogP contribution in [0.5, 0.6) is 5.75 Å². The predicted molar refractivity (Wildman–Crippen MR) is 89.8 cm³/mol. The first kappa shape index (κ1) is 13.5. The van der Waals surface area contributed by atoms with Crippen LogP contribution < -0.4 is 4.74 Å². The van der Waals surface area contributed by atoms with Gasteiger partial charge in [-0.15, -0.1) is 0 Å². The molecule has 100 valence electrons. The van der Waals surface area contributed by atoms with Crippen molar-refractivity contribution in [2.75, 3.05) is 0 Å². The Labute approximate surface area is 130 Å². The molecule has 3 rings (SSSR count). The largest absolute Gasteiger partial charge is 0.433 e. The Morgan fingerprint density at radius 3 is 2.60 bits per heavy atom. The molecule has 20 heavy (non-hydrogen) atoms. The van der Waals surface area contributed by atoms with Crippen molar-refractivity contribution in [3.05, 3.63) is 64.6 Å². The van der Waals surface area contributed by atoms with Gasteiger partial charge in [0.15, 0.2) is 0 Å². The van der Waals surface area contributed by atoms with Crippen LogP contribution in [-0.2, 0) is 0 Å². The zero-order chi connectivity index (χ0) is 13.9. The number of hydrogen-bond acceptors (Lipinski definition) is 3. The highest BCUT2D eigenvalue weighted by molar-refractivity contribution is 9.11. The van der Waals surface area contributed by atoms with Gasteiger partial charge in [-0.25, -0.2) is 4.99 Å². The van der Waals surface area contributed by atoms with Crippen molar-refractivity contribution in [3.8, 4) is 5.75 Å². The van der Waals surface area contributed by atoms with Gasteiger partial charge in [-0.05, 0) is 41.9 Å². The number of benzene rings is 2.